The molecule has 168 valence electrons. The molecule has 7 nitrogen and oxygen atoms in total. The van der Waals surface area contributed by atoms with Crippen molar-refractivity contribution in [3.05, 3.63) is 51.3 Å². The summed E-state index contributed by atoms with van der Waals surface area (Å²) in [6.45, 7) is 5.81. The van der Waals surface area contributed by atoms with Crippen LogP contribution in [0.15, 0.2) is 29.2 Å². The van der Waals surface area contributed by atoms with Gasteiger partial charge < -0.3 is 18.8 Å². The Kier molecular flexibility index (Phi) is 4.97. The number of hydrogen-bond donors (Lipinski definition) is 0. The molecule has 0 atom stereocenters. The van der Waals surface area contributed by atoms with Crippen LogP contribution in [0.2, 0.25) is 0 Å². The Balaban J connectivity index is 1.59. The summed E-state index contributed by atoms with van der Waals surface area (Å²) >= 11 is 0. The van der Waals surface area contributed by atoms with Crippen molar-refractivity contribution in [2.75, 3.05) is 26.4 Å². The van der Waals surface area contributed by atoms with Crippen molar-refractivity contribution in [1.29, 1.82) is 0 Å². The SMILES string of the molecule is CCOC(=O)c1cn2c(cc1=O)-c1cc(C=O)c(OCC3(C)COC3)cc1CC21CCC1. The molecule has 1 aromatic heterocycles. The van der Waals surface area contributed by atoms with Gasteiger partial charge >= 0.3 is 5.97 Å². The van der Waals surface area contributed by atoms with Gasteiger partial charge in [0.1, 0.15) is 11.3 Å². The lowest BCUT2D eigenvalue weighted by molar-refractivity contribution is -0.120. The van der Waals surface area contributed by atoms with Gasteiger partial charge in [-0.25, -0.2) is 4.79 Å². The van der Waals surface area contributed by atoms with Gasteiger partial charge in [-0.15, -0.1) is 0 Å². The summed E-state index contributed by atoms with van der Waals surface area (Å²) < 4.78 is 18.5. The second kappa shape index (κ2) is 7.59. The molecule has 1 aromatic carbocycles. The summed E-state index contributed by atoms with van der Waals surface area (Å²) in [5.41, 5.74) is 2.55. The maximum atomic E-state index is 12.8. The quantitative estimate of drug-likeness (QED) is 0.509. The highest BCUT2D eigenvalue weighted by Crippen LogP contribution is 2.49. The summed E-state index contributed by atoms with van der Waals surface area (Å²) in [6, 6.07) is 5.26. The molecule has 2 fully saturated rings. The fourth-order valence-corrected chi connectivity index (χ4v) is 4.96. The zero-order chi connectivity index (χ0) is 22.5. The molecule has 1 aliphatic carbocycles. The first-order chi connectivity index (χ1) is 15.4. The number of carbonyl (C=O) groups excluding carboxylic acids is 2. The Hall–Kier alpha value is -2.93. The standard InChI is InChI=1S/C25H27NO6/c1-3-31-23(29)19-11-26-20(9-21(19)28)18-7-17(12-27)22(32-15-24(2)13-30-14-24)8-16(18)10-25(26)5-4-6-25/h7-9,11-12H,3-6,10,13-15H2,1-2H3. The van der Waals surface area contributed by atoms with Gasteiger partial charge in [0.05, 0.1) is 37.7 Å². The lowest BCUT2D eigenvalue weighted by atomic mass is 9.69. The molecule has 0 N–H and O–H groups in total. The first kappa shape index (κ1) is 20.9. The van der Waals surface area contributed by atoms with E-state index >= 15 is 0 Å². The average molecular weight is 437 g/mol. The molecule has 1 saturated carbocycles. The monoisotopic (exact) mass is 437 g/mol. The molecule has 2 aromatic rings. The fourth-order valence-electron chi connectivity index (χ4n) is 4.96. The number of aromatic nitrogens is 1. The third-order valence-corrected chi connectivity index (χ3v) is 6.98. The number of fused-ring (bicyclic) bond motifs is 4. The Morgan fingerprint density at radius 2 is 2.03 bits per heavy atom. The predicted octanol–water partition coefficient (Wildman–Crippen LogP) is 3.36. The molecule has 3 aliphatic rings. The van der Waals surface area contributed by atoms with Crippen molar-refractivity contribution in [2.45, 2.75) is 45.1 Å². The van der Waals surface area contributed by atoms with Crippen molar-refractivity contribution >= 4 is 12.3 Å². The van der Waals surface area contributed by atoms with Crippen LogP contribution < -0.4 is 10.2 Å². The van der Waals surface area contributed by atoms with E-state index in [4.69, 9.17) is 14.2 Å². The molecule has 1 saturated heterocycles. The number of carbonyl (C=O) groups is 2. The van der Waals surface area contributed by atoms with Gasteiger partial charge in [-0.05, 0) is 50.3 Å². The minimum atomic E-state index is -0.598. The van der Waals surface area contributed by atoms with Gasteiger partial charge in [0.15, 0.2) is 11.7 Å². The van der Waals surface area contributed by atoms with Crippen LogP contribution in [0, 0.1) is 5.41 Å². The van der Waals surface area contributed by atoms with Crippen LogP contribution in [-0.2, 0) is 21.4 Å². The van der Waals surface area contributed by atoms with E-state index in [9.17, 15) is 14.4 Å². The molecule has 0 bridgehead atoms. The van der Waals surface area contributed by atoms with Gasteiger partial charge in [0, 0.05) is 28.8 Å². The van der Waals surface area contributed by atoms with Crippen LogP contribution >= 0.6 is 0 Å². The maximum absolute atomic E-state index is 12.8. The summed E-state index contributed by atoms with van der Waals surface area (Å²) in [7, 11) is 0. The van der Waals surface area contributed by atoms with Gasteiger partial charge in [-0.3, -0.25) is 9.59 Å². The molecule has 3 heterocycles. The van der Waals surface area contributed by atoms with Crippen molar-refractivity contribution in [2.24, 2.45) is 5.41 Å². The Morgan fingerprint density at radius 3 is 2.62 bits per heavy atom. The molecular formula is C25H27NO6. The van der Waals surface area contributed by atoms with Gasteiger partial charge in [-0.1, -0.05) is 6.92 Å². The lowest BCUT2D eigenvalue weighted by Gasteiger charge is -2.49. The molecule has 0 radical (unpaired) electrons. The molecule has 0 amide bonds. The highest BCUT2D eigenvalue weighted by atomic mass is 16.5. The average Bonchev–Trinajstić information content (AvgIpc) is 2.73. The van der Waals surface area contributed by atoms with Crippen LogP contribution in [0.4, 0.5) is 0 Å². The number of aldehydes is 1. The molecule has 32 heavy (non-hydrogen) atoms. The Morgan fingerprint density at radius 1 is 1.25 bits per heavy atom. The maximum Gasteiger partial charge on any atom is 0.343 e. The molecule has 5 rings (SSSR count). The summed E-state index contributed by atoms with van der Waals surface area (Å²) in [4.78, 5) is 37.0. The van der Waals surface area contributed by atoms with Crippen LogP contribution in [0.1, 0.15) is 59.4 Å². The molecular weight excluding hydrogens is 410 g/mol. The van der Waals surface area contributed by atoms with Gasteiger partial charge in [0.2, 0.25) is 0 Å². The first-order valence-electron chi connectivity index (χ1n) is 11.2. The fraction of sp³-hybridized carbons (Fsp3) is 0.480. The third-order valence-electron chi connectivity index (χ3n) is 6.98. The number of pyridine rings is 1. The number of nitrogens with zero attached hydrogens (tertiary/aromatic N) is 1. The summed E-state index contributed by atoms with van der Waals surface area (Å²) in [5.74, 6) is -0.0286. The lowest BCUT2D eigenvalue weighted by Crippen LogP contribution is -2.46. The number of benzene rings is 1. The normalized spacial score (nSPS) is 19.2. The highest BCUT2D eigenvalue weighted by Gasteiger charge is 2.44. The van der Waals surface area contributed by atoms with E-state index in [1.54, 1.807) is 19.2 Å². The van der Waals surface area contributed by atoms with Gasteiger partial charge in [-0.2, -0.15) is 0 Å². The smallest absolute Gasteiger partial charge is 0.343 e. The number of rotatable bonds is 6. The van der Waals surface area contributed by atoms with E-state index < -0.39 is 5.97 Å². The summed E-state index contributed by atoms with van der Waals surface area (Å²) in [5, 5.41) is 0. The Labute approximate surface area is 186 Å². The largest absolute Gasteiger partial charge is 0.492 e. The van der Waals surface area contributed by atoms with E-state index in [0.29, 0.717) is 31.1 Å². The minimum Gasteiger partial charge on any atom is -0.492 e. The zero-order valence-electron chi connectivity index (χ0n) is 18.4. The number of esters is 1. The van der Waals surface area contributed by atoms with E-state index in [2.05, 4.69) is 11.5 Å². The van der Waals surface area contributed by atoms with E-state index in [1.165, 1.54) is 6.07 Å². The minimum absolute atomic E-state index is 0.0331. The Bertz CT molecular complexity index is 1160. The van der Waals surface area contributed by atoms with E-state index in [-0.39, 0.29) is 28.6 Å². The third kappa shape index (κ3) is 3.26. The van der Waals surface area contributed by atoms with Crippen LogP contribution in [0.25, 0.3) is 11.3 Å². The van der Waals surface area contributed by atoms with E-state index in [1.807, 2.05) is 6.07 Å². The topological polar surface area (TPSA) is 83.8 Å². The second-order valence-corrected chi connectivity index (χ2v) is 9.54. The van der Waals surface area contributed by atoms with Crippen molar-refractivity contribution in [1.82, 2.24) is 4.57 Å². The number of hydrogen-bond acceptors (Lipinski definition) is 6. The highest BCUT2D eigenvalue weighted by molar-refractivity contribution is 5.90. The molecule has 1 spiro atoms. The second-order valence-electron chi connectivity index (χ2n) is 9.54. The first-order valence-corrected chi connectivity index (χ1v) is 11.2. The molecule has 2 aliphatic heterocycles. The number of ether oxygens (including phenoxy) is 3. The summed E-state index contributed by atoms with van der Waals surface area (Å²) in [6.07, 6.45) is 6.22. The molecule has 0 unspecified atom stereocenters. The van der Waals surface area contributed by atoms with Crippen LogP contribution in [0.3, 0.4) is 0 Å². The van der Waals surface area contributed by atoms with Gasteiger partial charge in [0.25, 0.3) is 0 Å². The van der Waals surface area contributed by atoms with Crippen LogP contribution in [-0.4, -0.2) is 43.3 Å². The van der Waals surface area contributed by atoms with Crippen molar-refractivity contribution in [3.8, 4) is 17.0 Å². The van der Waals surface area contributed by atoms with E-state index in [0.717, 1.165) is 48.8 Å². The van der Waals surface area contributed by atoms with Crippen molar-refractivity contribution in [3.63, 3.8) is 0 Å². The predicted molar refractivity (Wildman–Crippen MR) is 117 cm³/mol. The van der Waals surface area contributed by atoms with Crippen LogP contribution in [0.5, 0.6) is 5.75 Å². The molecule has 7 heteroatoms. The van der Waals surface area contributed by atoms with Crippen molar-refractivity contribution < 1.29 is 23.8 Å². The zero-order valence-corrected chi connectivity index (χ0v) is 18.4.